The van der Waals surface area contributed by atoms with Crippen LogP contribution in [-0.2, 0) is 6.18 Å². The second kappa shape index (κ2) is 7.03. The van der Waals surface area contributed by atoms with Gasteiger partial charge in [-0.25, -0.2) is 0 Å². The van der Waals surface area contributed by atoms with Crippen molar-refractivity contribution >= 4 is 29.0 Å². The highest BCUT2D eigenvalue weighted by Crippen LogP contribution is 2.37. The first-order chi connectivity index (χ1) is 11.1. The van der Waals surface area contributed by atoms with Crippen LogP contribution >= 0.6 is 23.2 Å². The summed E-state index contributed by atoms with van der Waals surface area (Å²) in [4.78, 5) is 12.1. The molecule has 2 nitrogen and oxygen atoms in total. The van der Waals surface area contributed by atoms with Gasteiger partial charge in [0, 0.05) is 11.5 Å². The fourth-order valence-electron chi connectivity index (χ4n) is 1.95. The molecule has 0 fully saturated rings. The molecule has 0 unspecified atom stereocenters. The number of halogens is 5. The standard InChI is InChI=1S/C17H13Cl2F3O2/c1-9(2)16(23)12-8-11(4-5-13(12)18)24-15-6-3-10(7-14(15)19)17(20,21)22/h3-9H,1-2H3. The maximum Gasteiger partial charge on any atom is 0.416 e. The Balaban J connectivity index is 2.32. The molecule has 0 aliphatic carbocycles. The van der Waals surface area contributed by atoms with Crippen LogP contribution in [0.25, 0.3) is 0 Å². The van der Waals surface area contributed by atoms with Crippen LogP contribution in [-0.4, -0.2) is 5.78 Å². The summed E-state index contributed by atoms with van der Waals surface area (Å²) in [6, 6.07) is 7.23. The Kier molecular flexibility index (Phi) is 5.45. The van der Waals surface area contributed by atoms with Crippen molar-refractivity contribution in [2.24, 2.45) is 5.92 Å². The van der Waals surface area contributed by atoms with Gasteiger partial charge in [-0.2, -0.15) is 13.2 Å². The van der Waals surface area contributed by atoms with Crippen molar-refractivity contribution in [3.8, 4) is 11.5 Å². The first-order valence-corrected chi connectivity index (χ1v) is 7.73. The van der Waals surface area contributed by atoms with Crippen molar-refractivity contribution in [1.82, 2.24) is 0 Å². The lowest BCUT2D eigenvalue weighted by Crippen LogP contribution is -2.08. The van der Waals surface area contributed by atoms with E-state index in [4.69, 9.17) is 27.9 Å². The molecule has 2 rings (SSSR count). The summed E-state index contributed by atoms with van der Waals surface area (Å²) in [5.41, 5.74) is -0.584. The lowest BCUT2D eigenvalue weighted by Gasteiger charge is -2.13. The number of alkyl halides is 3. The van der Waals surface area contributed by atoms with E-state index in [1.54, 1.807) is 13.8 Å². The van der Waals surface area contributed by atoms with Crippen molar-refractivity contribution in [1.29, 1.82) is 0 Å². The fraction of sp³-hybridized carbons (Fsp3) is 0.235. The molecule has 0 atom stereocenters. The number of hydrogen-bond donors (Lipinski definition) is 0. The van der Waals surface area contributed by atoms with Gasteiger partial charge in [-0.05, 0) is 36.4 Å². The molecule has 0 radical (unpaired) electrons. The van der Waals surface area contributed by atoms with Gasteiger partial charge in [-0.1, -0.05) is 37.0 Å². The zero-order valence-corrected chi connectivity index (χ0v) is 14.3. The number of Topliss-reactive ketones (excluding diaryl/α,β-unsaturated/α-hetero) is 1. The van der Waals surface area contributed by atoms with Gasteiger partial charge >= 0.3 is 6.18 Å². The van der Waals surface area contributed by atoms with Crippen molar-refractivity contribution in [2.45, 2.75) is 20.0 Å². The average molecular weight is 377 g/mol. The Bertz CT molecular complexity index is 771. The summed E-state index contributed by atoms with van der Waals surface area (Å²) < 4.78 is 43.4. The van der Waals surface area contributed by atoms with Gasteiger partial charge in [0.25, 0.3) is 0 Å². The normalized spacial score (nSPS) is 11.7. The summed E-state index contributed by atoms with van der Waals surface area (Å²) >= 11 is 11.9. The summed E-state index contributed by atoms with van der Waals surface area (Å²) in [5, 5.41) is 0.0936. The highest BCUT2D eigenvalue weighted by atomic mass is 35.5. The van der Waals surface area contributed by atoms with Crippen LogP contribution in [0.3, 0.4) is 0 Å². The van der Waals surface area contributed by atoms with E-state index in [2.05, 4.69) is 0 Å². The van der Waals surface area contributed by atoms with E-state index in [0.29, 0.717) is 0 Å². The van der Waals surface area contributed by atoms with Crippen LogP contribution in [0.4, 0.5) is 13.2 Å². The van der Waals surface area contributed by atoms with Crippen LogP contribution in [0.15, 0.2) is 36.4 Å². The Morgan fingerprint density at radius 1 is 1.04 bits per heavy atom. The molecular formula is C17H13Cl2F3O2. The van der Waals surface area contributed by atoms with Crippen LogP contribution in [0.1, 0.15) is 29.8 Å². The third kappa shape index (κ3) is 4.22. The van der Waals surface area contributed by atoms with E-state index in [0.717, 1.165) is 18.2 Å². The molecule has 2 aromatic carbocycles. The number of carbonyl (C=O) groups is 1. The molecular weight excluding hydrogens is 364 g/mol. The number of rotatable bonds is 4. The van der Waals surface area contributed by atoms with Gasteiger partial charge in [0.15, 0.2) is 5.78 Å². The largest absolute Gasteiger partial charge is 0.456 e. The monoisotopic (exact) mass is 376 g/mol. The molecule has 0 heterocycles. The Morgan fingerprint density at radius 2 is 1.71 bits per heavy atom. The van der Waals surface area contributed by atoms with Crippen molar-refractivity contribution < 1.29 is 22.7 Å². The van der Waals surface area contributed by atoms with Gasteiger partial charge in [-0.3, -0.25) is 4.79 Å². The van der Waals surface area contributed by atoms with Crippen molar-refractivity contribution in [2.75, 3.05) is 0 Å². The van der Waals surface area contributed by atoms with Crippen LogP contribution in [0, 0.1) is 5.92 Å². The lowest BCUT2D eigenvalue weighted by molar-refractivity contribution is -0.137. The van der Waals surface area contributed by atoms with Gasteiger partial charge in [-0.15, -0.1) is 0 Å². The molecule has 0 aliphatic heterocycles. The second-order valence-electron chi connectivity index (χ2n) is 5.41. The van der Waals surface area contributed by atoms with Crippen molar-refractivity contribution in [3.05, 3.63) is 57.6 Å². The molecule has 128 valence electrons. The molecule has 0 amide bonds. The molecule has 7 heteroatoms. The zero-order valence-electron chi connectivity index (χ0n) is 12.7. The number of ketones is 1. The Hall–Kier alpha value is -1.72. The summed E-state index contributed by atoms with van der Waals surface area (Å²) in [6.07, 6.45) is -4.49. The van der Waals surface area contributed by atoms with Crippen LogP contribution < -0.4 is 4.74 Å². The third-order valence-electron chi connectivity index (χ3n) is 3.21. The predicted molar refractivity (Wildman–Crippen MR) is 87.1 cm³/mol. The smallest absolute Gasteiger partial charge is 0.416 e. The van der Waals surface area contributed by atoms with E-state index >= 15 is 0 Å². The highest BCUT2D eigenvalue weighted by molar-refractivity contribution is 6.34. The maximum absolute atomic E-state index is 12.6. The topological polar surface area (TPSA) is 26.3 Å². The van der Waals surface area contributed by atoms with Crippen LogP contribution in [0.2, 0.25) is 10.0 Å². The Labute approximate surface area is 147 Å². The number of carbonyl (C=O) groups excluding carboxylic acids is 1. The highest BCUT2D eigenvalue weighted by Gasteiger charge is 2.31. The van der Waals surface area contributed by atoms with Gasteiger partial charge in [0.05, 0.1) is 15.6 Å². The van der Waals surface area contributed by atoms with E-state index < -0.39 is 11.7 Å². The SMILES string of the molecule is CC(C)C(=O)c1cc(Oc2ccc(C(F)(F)F)cc2Cl)ccc1Cl. The molecule has 0 aromatic heterocycles. The minimum Gasteiger partial charge on any atom is -0.456 e. The maximum atomic E-state index is 12.6. The fourth-order valence-corrected chi connectivity index (χ4v) is 2.38. The van der Waals surface area contributed by atoms with E-state index in [-0.39, 0.29) is 38.8 Å². The second-order valence-corrected chi connectivity index (χ2v) is 6.22. The first kappa shape index (κ1) is 18.6. The molecule has 0 N–H and O–H groups in total. The predicted octanol–water partition coefficient (Wildman–Crippen LogP) is 6.64. The average Bonchev–Trinajstić information content (AvgIpc) is 2.49. The Morgan fingerprint density at radius 3 is 2.25 bits per heavy atom. The summed E-state index contributed by atoms with van der Waals surface area (Å²) in [6.45, 7) is 3.47. The molecule has 2 aromatic rings. The number of hydrogen-bond acceptors (Lipinski definition) is 2. The van der Waals surface area contributed by atoms with Crippen molar-refractivity contribution in [3.63, 3.8) is 0 Å². The van der Waals surface area contributed by atoms with Crippen LogP contribution in [0.5, 0.6) is 11.5 Å². The molecule has 0 spiro atoms. The van der Waals surface area contributed by atoms with Gasteiger partial charge < -0.3 is 4.74 Å². The van der Waals surface area contributed by atoms with Gasteiger partial charge in [0.1, 0.15) is 11.5 Å². The lowest BCUT2D eigenvalue weighted by atomic mass is 10.0. The molecule has 0 aliphatic rings. The summed E-state index contributed by atoms with van der Waals surface area (Å²) in [7, 11) is 0. The quantitative estimate of drug-likeness (QED) is 0.558. The minimum atomic E-state index is -4.49. The van der Waals surface area contributed by atoms with E-state index in [9.17, 15) is 18.0 Å². The van der Waals surface area contributed by atoms with E-state index in [1.165, 1.54) is 18.2 Å². The first-order valence-electron chi connectivity index (χ1n) is 6.98. The molecule has 0 bridgehead atoms. The number of ether oxygens (including phenoxy) is 1. The third-order valence-corrected chi connectivity index (χ3v) is 3.84. The van der Waals surface area contributed by atoms with Gasteiger partial charge in [0.2, 0.25) is 0 Å². The summed E-state index contributed by atoms with van der Waals surface area (Å²) in [5.74, 6) is -0.114. The number of benzene rings is 2. The zero-order chi connectivity index (χ0) is 18.1. The molecule has 0 saturated carbocycles. The van der Waals surface area contributed by atoms with E-state index in [1.807, 2.05) is 0 Å². The molecule has 0 saturated heterocycles. The minimum absolute atomic E-state index is 0.0509. The molecule has 24 heavy (non-hydrogen) atoms.